The van der Waals surface area contributed by atoms with Gasteiger partial charge in [0.05, 0.1) is 0 Å². The van der Waals surface area contributed by atoms with Crippen LogP contribution in [0.5, 0.6) is 0 Å². The highest BCUT2D eigenvalue weighted by Gasteiger charge is 2.25. The van der Waals surface area contributed by atoms with Gasteiger partial charge in [0.1, 0.15) is 6.61 Å². The van der Waals surface area contributed by atoms with Crippen molar-refractivity contribution < 1.29 is 22.7 Å². The molecular weight excluding hydrogens is 273 g/mol. The van der Waals surface area contributed by atoms with Crippen LogP contribution in [0, 0.1) is 6.92 Å². The van der Waals surface area contributed by atoms with Crippen LogP contribution in [0.25, 0.3) is 0 Å². The number of amides is 1. The Bertz CT molecular complexity index is 461. The van der Waals surface area contributed by atoms with Crippen LogP contribution in [-0.4, -0.2) is 25.3 Å². The zero-order valence-electron chi connectivity index (χ0n) is 11.1. The van der Waals surface area contributed by atoms with Crippen molar-refractivity contribution in [1.82, 2.24) is 0 Å². The van der Waals surface area contributed by atoms with Gasteiger partial charge in [-0.25, -0.2) is 0 Å². The quantitative estimate of drug-likeness (QED) is 0.625. The van der Waals surface area contributed by atoms with Crippen molar-refractivity contribution in [2.24, 2.45) is 0 Å². The van der Waals surface area contributed by atoms with Gasteiger partial charge in [0.15, 0.2) is 0 Å². The number of hydrogen-bond donors (Lipinski definition) is 2. The summed E-state index contributed by atoms with van der Waals surface area (Å²) in [6, 6.07) is 5.05. The van der Waals surface area contributed by atoms with Crippen molar-refractivity contribution in [3.8, 4) is 0 Å². The summed E-state index contributed by atoms with van der Waals surface area (Å²) in [5.74, 6) is -0.430. The fourth-order valence-electron chi connectivity index (χ4n) is 1.45. The van der Waals surface area contributed by atoms with Crippen molar-refractivity contribution in [2.45, 2.75) is 25.9 Å². The fourth-order valence-corrected chi connectivity index (χ4v) is 1.45. The first-order valence-electron chi connectivity index (χ1n) is 6.08. The van der Waals surface area contributed by atoms with Crippen molar-refractivity contribution in [3.63, 3.8) is 0 Å². The molecule has 0 heterocycles. The molecule has 0 saturated carbocycles. The van der Waals surface area contributed by atoms with E-state index in [4.69, 9.17) is 10.5 Å². The van der Waals surface area contributed by atoms with Crippen molar-refractivity contribution in [3.05, 3.63) is 23.8 Å². The summed E-state index contributed by atoms with van der Waals surface area (Å²) < 4.78 is 40.4. The molecule has 0 aromatic heterocycles. The van der Waals surface area contributed by atoms with Crippen LogP contribution in [-0.2, 0) is 9.53 Å². The van der Waals surface area contributed by atoms with E-state index < -0.39 is 18.5 Å². The van der Waals surface area contributed by atoms with Crippen LogP contribution in [0.2, 0.25) is 0 Å². The second kappa shape index (κ2) is 7.14. The SMILES string of the molecule is Cc1ccc(NC(=O)COCCCC(F)(F)F)cc1N. The largest absolute Gasteiger partial charge is 0.398 e. The third-order valence-corrected chi connectivity index (χ3v) is 2.55. The number of nitrogen functional groups attached to an aromatic ring is 1. The monoisotopic (exact) mass is 290 g/mol. The molecule has 4 nitrogen and oxygen atoms in total. The molecule has 112 valence electrons. The first-order valence-corrected chi connectivity index (χ1v) is 6.08. The lowest BCUT2D eigenvalue weighted by molar-refractivity contribution is -0.138. The number of aryl methyl sites for hydroxylation is 1. The average molecular weight is 290 g/mol. The Kier molecular flexibility index (Phi) is 5.82. The molecule has 0 fully saturated rings. The molecule has 0 spiro atoms. The van der Waals surface area contributed by atoms with Crippen LogP contribution in [0.4, 0.5) is 24.5 Å². The molecule has 0 atom stereocenters. The number of nitrogens with one attached hydrogen (secondary N) is 1. The molecule has 0 bridgehead atoms. The number of anilines is 2. The minimum atomic E-state index is -4.19. The summed E-state index contributed by atoms with van der Waals surface area (Å²) in [5, 5.41) is 2.55. The lowest BCUT2D eigenvalue weighted by Crippen LogP contribution is -2.19. The van der Waals surface area contributed by atoms with Crippen LogP contribution < -0.4 is 11.1 Å². The van der Waals surface area contributed by atoms with Gasteiger partial charge in [-0.2, -0.15) is 13.2 Å². The van der Waals surface area contributed by atoms with Gasteiger partial charge >= 0.3 is 6.18 Å². The van der Waals surface area contributed by atoms with Crippen LogP contribution in [0.15, 0.2) is 18.2 Å². The highest BCUT2D eigenvalue weighted by atomic mass is 19.4. The van der Waals surface area contributed by atoms with E-state index in [2.05, 4.69) is 5.32 Å². The van der Waals surface area contributed by atoms with Gasteiger partial charge < -0.3 is 15.8 Å². The third kappa shape index (κ3) is 6.42. The maximum atomic E-state index is 11.9. The van der Waals surface area contributed by atoms with Crippen molar-refractivity contribution in [2.75, 3.05) is 24.3 Å². The van der Waals surface area contributed by atoms with Crippen LogP contribution >= 0.6 is 0 Å². The second-order valence-corrected chi connectivity index (χ2v) is 4.39. The summed E-state index contributed by atoms with van der Waals surface area (Å²) >= 11 is 0. The number of ether oxygens (including phenoxy) is 1. The molecule has 1 aromatic carbocycles. The minimum absolute atomic E-state index is 0.108. The van der Waals surface area contributed by atoms with Crippen LogP contribution in [0.1, 0.15) is 18.4 Å². The van der Waals surface area contributed by atoms with Gasteiger partial charge in [-0.3, -0.25) is 4.79 Å². The van der Waals surface area contributed by atoms with Gasteiger partial charge in [0.25, 0.3) is 0 Å². The van der Waals surface area contributed by atoms with E-state index in [0.717, 1.165) is 5.56 Å². The number of alkyl halides is 3. The van der Waals surface area contributed by atoms with E-state index in [1.54, 1.807) is 18.2 Å². The molecule has 1 amide bonds. The number of nitrogens with two attached hydrogens (primary N) is 1. The molecule has 7 heteroatoms. The fraction of sp³-hybridized carbons (Fsp3) is 0.462. The Labute approximate surface area is 115 Å². The summed E-state index contributed by atoms with van der Waals surface area (Å²) in [6.45, 7) is 1.44. The predicted molar refractivity (Wildman–Crippen MR) is 70.3 cm³/mol. The first kappa shape index (κ1) is 16.3. The summed E-state index contributed by atoms with van der Waals surface area (Å²) in [4.78, 5) is 11.5. The number of benzene rings is 1. The molecule has 0 aliphatic carbocycles. The number of hydrogen-bond acceptors (Lipinski definition) is 3. The molecular formula is C13H17F3N2O2. The maximum Gasteiger partial charge on any atom is 0.389 e. The van der Waals surface area contributed by atoms with Gasteiger partial charge in [-0.05, 0) is 31.0 Å². The summed E-state index contributed by atoms with van der Waals surface area (Å²) in [6.07, 6.45) is -5.26. The molecule has 0 aliphatic rings. The highest BCUT2D eigenvalue weighted by molar-refractivity contribution is 5.92. The smallest absolute Gasteiger partial charge is 0.389 e. The van der Waals surface area contributed by atoms with Crippen LogP contribution in [0.3, 0.4) is 0 Å². The predicted octanol–water partition coefficient (Wildman–Crippen LogP) is 2.87. The Balaban J connectivity index is 2.25. The zero-order chi connectivity index (χ0) is 15.2. The lowest BCUT2D eigenvalue weighted by Gasteiger charge is -2.09. The maximum absolute atomic E-state index is 11.9. The highest BCUT2D eigenvalue weighted by Crippen LogP contribution is 2.21. The van der Waals surface area contributed by atoms with Gasteiger partial charge in [0.2, 0.25) is 5.91 Å². The molecule has 0 saturated heterocycles. The number of halogens is 3. The Morgan fingerprint density at radius 1 is 1.40 bits per heavy atom. The average Bonchev–Trinajstić information content (AvgIpc) is 2.32. The van der Waals surface area contributed by atoms with E-state index in [1.807, 2.05) is 6.92 Å². The molecule has 3 N–H and O–H groups in total. The second-order valence-electron chi connectivity index (χ2n) is 4.39. The number of carbonyl (C=O) groups excluding carboxylic acids is 1. The van der Waals surface area contributed by atoms with E-state index in [9.17, 15) is 18.0 Å². The minimum Gasteiger partial charge on any atom is -0.398 e. The van der Waals surface area contributed by atoms with Gasteiger partial charge in [0, 0.05) is 24.4 Å². The Hall–Kier alpha value is -1.76. The first-order chi connectivity index (χ1) is 9.28. The Morgan fingerprint density at radius 2 is 2.10 bits per heavy atom. The Morgan fingerprint density at radius 3 is 2.70 bits per heavy atom. The van der Waals surface area contributed by atoms with E-state index in [-0.39, 0.29) is 19.6 Å². The van der Waals surface area contributed by atoms with E-state index in [1.165, 1.54) is 0 Å². The zero-order valence-corrected chi connectivity index (χ0v) is 11.1. The van der Waals surface area contributed by atoms with Crippen molar-refractivity contribution in [1.29, 1.82) is 0 Å². The van der Waals surface area contributed by atoms with Gasteiger partial charge in [-0.15, -0.1) is 0 Å². The molecule has 0 radical (unpaired) electrons. The third-order valence-electron chi connectivity index (χ3n) is 2.55. The normalized spacial score (nSPS) is 11.4. The molecule has 1 aromatic rings. The summed E-state index contributed by atoms with van der Waals surface area (Å²) in [5.41, 5.74) is 7.66. The van der Waals surface area contributed by atoms with E-state index >= 15 is 0 Å². The van der Waals surface area contributed by atoms with Crippen molar-refractivity contribution >= 4 is 17.3 Å². The topological polar surface area (TPSA) is 64.3 Å². The lowest BCUT2D eigenvalue weighted by atomic mass is 10.2. The number of carbonyl (C=O) groups is 1. The van der Waals surface area contributed by atoms with Gasteiger partial charge in [-0.1, -0.05) is 6.07 Å². The standard InChI is InChI=1S/C13H17F3N2O2/c1-9-3-4-10(7-11(9)17)18-12(19)8-20-6-2-5-13(14,15)16/h3-4,7H,2,5-6,8,17H2,1H3,(H,18,19). The molecule has 20 heavy (non-hydrogen) atoms. The summed E-state index contributed by atoms with van der Waals surface area (Å²) in [7, 11) is 0. The molecule has 0 unspecified atom stereocenters. The molecule has 1 rings (SSSR count). The number of rotatable bonds is 6. The van der Waals surface area contributed by atoms with E-state index in [0.29, 0.717) is 11.4 Å². The molecule has 0 aliphatic heterocycles.